The van der Waals surface area contributed by atoms with Crippen LogP contribution in [0.5, 0.6) is 5.75 Å². The summed E-state index contributed by atoms with van der Waals surface area (Å²) in [4.78, 5) is 35.3. The van der Waals surface area contributed by atoms with E-state index in [0.29, 0.717) is 10.6 Å². The topological polar surface area (TPSA) is 99.8 Å². The first kappa shape index (κ1) is 28.6. The minimum absolute atomic E-state index is 0.0707. The van der Waals surface area contributed by atoms with Gasteiger partial charge in [-0.3, -0.25) is 14.4 Å². The predicted octanol–water partition coefficient (Wildman–Crippen LogP) is 5.39. The average Bonchev–Trinajstić information content (AvgIpc) is 2.90. The molecule has 0 aliphatic rings. The second kappa shape index (κ2) is 11.6. The van der Waals surface area contributed by atoms with Crippen molar-refractivity contribution in [1.29, 1.82) is 5.26 Å². The third kappa shape index (κ3) is 7.51. The van der Waals surface area contributed by atoms with E-state index >= 15 is 0 Å². The lowest BCUT2D eigenvalue weighted by Crippen LogP contribution is -2.33. The Morgan fingerprint density at radius 1 is 0.923 bits per heavy atom. The highest BCUT2D eigenvalue weighted by Gasteiger charge is 2.32. The molecule has 0 spiro atoms. The van der Waals surface area contributed by atoms with E-state index < -0.39 is 41.5 Å². The molecule has 3 rings (SSSR count). The summed E-state index contributed by atoms with van der Waals surface area (Å²) in [7, 11) is 0. The Hall–Kier alpha value is -4.99. The second-order valence-corrected chi connectivity index (χ2v) is 7.74. The van der Waals surface area contributed by atoms with Gasteiger partial charge in [0.15, 0.2) is 6.29 Å². The van der Waals surface area contributed by atoms with Crippen molar-refractivity contribution in [3.05, 3.63) is 95.1 Å². The molecular weight excluding hydrogens is 532 g/mol. The number of alkyl halides is 6. The van der Waals surface area contributed by atoms with Crippen LogP contribution in [0.3, 0.4) is 0 Å². The monoisotopic (exact) mass is 547 g/mol. The maximum Gasteiger partial charge on any atom is 0.573 e. The maximum atomic E-state index is 13.4. The molecule has 0 saturated carbocycles. The fourth-order valence-electron chi connectivity index (χ4n) is 3.35. The van der Waals surface area contributed by atoms with Crippen LogP contribution in [0, 0.1) is 11.3 Å². The number of carbonyl (C=O) groups excluding carboxylic acids is 3. The minimum Gasteiger partial charge on any atom is -0.406 e. The van der Waals surface area contributed by atoms with E-state index in [1.807, 2.05) is 6.07 Å². The number of hydrazone groups is 1. The van der Waals surface area contributed by atoms with Gasteiger partial charge in [0.1, 0.15) is 5.75 Å². The number of nitrogens with zero attached hydrogens (tertiary/aromatic N) is 3. The predicted molar refractivity (Wildman–Crippen MR) is 125 cm³/mol. The Morgan fingerprint density at radius 2 is 1.56 bits per heavy atom. The molecule has 7 nitrogen and oxygen atoms in total. The standard InChI is InChI=1S/C26H15F6N3O4/c27-25(28,29)19-3-1-2-18(12-19)22(17-6-4-16(13-33)5-7-17)14-34-35(24(38)23(37)15-36)20-8-10-21(11-9-20)39-26(30,31)32/h1-12,14-15,22H/t22-/m0/s1. The van der Waals surface area contributed by atoms with Crippen LogP contribution in [0.25, 0.3) is 0 Å². The molecule has 0 aliphatic carbocycles. The summed E-state index contributed by atoms with van der Waals surface area (Å²) in [5.74, 6) is -4.73. The summed E-state index contributed by atoms with van der Waals surface area (Å²) >= 11 is 0. The van der Waals surface area contributed by atoms with Crippen molar-refractivity contribution < 1.29 is 45.5 Å². The van der Waals surface area contributed by atoms with E-state index in [-0.39, 0.29) is 23.1 Å². The molecule has 1 atom stereocenters. The van der Waals surface area contributed by atoms with Crippen LogP contribution < -0.4 is 9.75 Å². The van der Waals surface area contributed by atoms with Crippen LogP contribution in [0.15, 0.2) is 77.9 Å². The first-order valence-corrected chi connectivity index (χ1v) is 10.7. The van der Waals surface area contributed by atoms with Crippen LogP contribution in [0.1, 0.15) is 28.2 Å². The third-order valence-corrected chi connectivity index (χ3v) is 5.13. The quantitative estimate of drug-likeness (QED) is 0.0940. The van der Waals surface area contributed by atoms with E-state index in [9.17, 15) is 40.7 Å². The molecule has 200 valence electrons. The number of benzene rings is 3. The maximum absolute atomic E-state index is 13.4. The summed E-state index contributed by atoms with van der Waals surface area (Å²) in [6.45, 7) is 0. The van der Waals surface area contributed by atoms with Crippen molar-refractivity contribution in [2.75, 3.05) is 5.01 Å². The van der Waals surface area contributed by atoms with Crippen molar-refractivity contribution in [3.8, 4) is 11.8 Å². The number of amides is 1. The lowest BCUT2D eigenvalue weighted by Gasteiger charge is -2.19. The molecule has 0 heterocycles. The number of rotatable bonds is 8. The number of hydrogen-bond donors (Lipinski definition) is 0. The third-order valence-electron chi connectivity index (χ3n) is 5.13. The molecule has 0 aromatic heterocycles. The summed E-state index contributed by atoms with van der Waals surface area (Å²) in [5, 5.41) is 13.4. The van der Waals surface area contributed by atoms with E-state index in [1.165, 1.54) is 30.3 Å². The highest BCUT2D eigenvalue weighted by Crippen LogP contribution is 2.33. The van der Waals surface area contributed by atoms with Gasteiger partial charge in [0, 0.05) is 12.1 Å². The van der Waals surface area contributed by atoms with Crippen LogP contribution in [-0.4, -0.2) is 30.6 Å². The Morgan fingerprint density at radius 3 is 2.10 bits per heavy atom. The molecule has 39 heavy (non-hydrogen) atoms. The lowest BCUT2D eigenvalue weighted by molar-refractivity contribution is -0.274. The zero-order chi connectivity index (χ0) is 28.8. The van der Waals surface area contributed by atoms with Crippen molar-refractivity contribution in [2.45, 2.75) is 18.5 Å². The van der Waals surface area contributed by atoms with Gasteiger partial charge in [-0.2, -0.15) is 28.5 Å². The Labute approximate surface area is 216 Å². The molecule has 3 aromatic carbocycles. The Bertz CT molecular complexity index is 1430. The van der Waals surface area contributed by atoms with Gasteiger partial charge >= 0.3 is 18.4 Å². The van der Waals surface area contributed by atoms with E-state index in [1.54, 1.807) is 0 Å². The van der Waals surface area contributed by atoms with Gasteiger partial charge in [0.2, 0.25) is 0 Å². The van der Waals surface area contributed by atoms with Crippen LogP contribution >= 0.6 is 0 Å². The largest absolute Gasteiger partial charge is 0.573 e. The summed E-state index contributed by atoms with van der Waals surface area (Å²) in [5.41, 5.74) is -0.547. The van der Waals surface area contributed by atoms with Gasteiger partial charge in [0.25, 0.3) is 5.78 Å². The van der Waals surface area contributed by atoms with Gasteiger partial charge in [-0.05, 0) is 53.6 Å². The van der Waals surface area contributed by atoms with E-state index in [0.717, 1.165) is 48.7 Å². The first-order chi connectivity index (χ1) is 18.3. The van der Waals surface area contributed by atoms with Gasteiger partial charge in [-0.25, -0.2) is 0 Å². The molecule has 0 saturated heterocycles. The molecule has 0 bridgehead atoms. The van der Waals surface area contributed by atoms with Gasteiger partial charge in [0.05, 0.1) is 22.9 Å². The van der Waals surface area contributed by atoms with Crippen LogP contribution in [0.2, 0.25) is 0 Å². The summed E-state index contributed by atoms with van der Waals surface area (Å²) < 4.78 is 81.3. The summed E-state index contributed by atoms with van der Waals surface area (Å²) in [6, 6.07) is 15.4. The lowest BCUT2D eigenvalue weighted by atomic mass is 9.90. The second-order valence-electron chi connectivity index (χ2n) is 7.74. The molecule has 1 amide bonds. The molecule has 0 aliphatic heterocycles. The zero-order valence-electron chi connectivity index (χ0n) is 19.4. The number of Topliss-reactive ketones (excluding diaryl/α,β-unsaturated/α-hetero) is 1. The fraction of sp³-hybridized carbons (Fsp3) is 0.115. The highest BCUT2D eigenvalue weighted by molar-refractivity contribution is 6.60. The number of aldehydes is 1. The Balaban J connectivity index is 2.09. The van der Waals surface area contributed by atoms with Crippen molar-refractivity contribution in [2.24, 2.45) is 5.10 Å². The van der Waals surface area contributed by atoms with Gasteiger partial charge in [-0.15, -0.1) is 13.2 Å². The van der Waals surface area contributed by atoms with Crippen molar-refractivity contribution in [1.82, 2.24) is 0 Å². The number of halogens is 6. The minimum atomic E-state index is -5.00. The molecule has 0 fully saturated rings. The van der Waals surface area contributed by atoms with Gasteiger partial charge in [-0.1, -0.05) is 30.3 Å². The van der Waals surface area contributed by atoms with Crippen molar-refractivity contribution >= 4 is 29.9 Å². The number of ether oxygens (including phenoxy) is 1. The fourth-order valence-corrected chi connectivity index (χ4v) is 3.35. The average molecular weight is 547 g/mol. The molecule has 0 unspecified atom stereocenters. The van der Waals surface area contributed by atoms with Crippen molar-refractivity contribution in [3.63, 3.8) is 0 Å². The number of anilines is 1. The Kier molecular flexibility index (Phi) is 8.50. The zero-order valence-corrected chi connectivity index (χ0v) is 19.4. The van der Waals surface area contributed by atoms with Gasteiger partial charge < -0.3 is 4.74 Å². The highest BCUT2D eigenvalue weighted by atomic mass is 19.4. The summed E-state index contributed by atoms with van der Waals surface area (Å²) in [6.07, 6.45) is -8.95. The normalized spacial score (nSPS) is 12.4. The van der Waals surface area contributed by atoms with E-state index in [2.05, 4.69) is 9.84 Å². The molecule has 3 aromatic rings. The molecule has 13 heteroatoms. The number of carbonyl (C=O) groups is 3. The molecule has 0 N–H and O–H groups in total. The smallest absolute Gasteiger partial charge is 0.406 e. The van der Waals surface area contributed by atoms with Crippen LogP contribution in [0.4, 0.5) is 32.0 Å². The number of nitriles is 1. The first-order valence-electron chi connectivity index (χ1n) is 10.7. The van der Waals surface area contributed by atoms with E-state index in [4.69, 9.17) is 5.26 Å². The van der Waals surface area contributed by atoms with Crippen LogP contribution in [-0.2, 0) is 20.6 Å². The SMILES string of the molecule is N#Cc1ccc([C@H](C=NN(C(=O)C(=O)C=O)c2ccc(OC(F)(F)F)cc2)c2cccc(C(F)(F)F)c2)cc1. The number of ketones is 1. The molecular formula is C26H15F6N3O4. The molecule has 0 radical (unpaired) electrons. The number of hydrogen-bond acceptors (Lipinski definition) is 6.